The molecule has 2 aliphatic heterocycles. The van der Waals surface area contributed by atoms with E-state index in [2.05, 4.69) is 4.90 Å². The maximum absolute atomic E-state index is 13.0. The Morgan fingerprint density at radius 1 is 0.944 bits per heavy atom. The molecule has 1 aromatic heterocycles. The Bertz CT molecular complexity index is 1390. The van der Waals surface area contributed by atoms with E-state index in [0.717, 1.165) is 61.1 Å². The number of carbonyl (C=O) groups excluding carboxylic acids is 2. The Morgan fingerprint density at radius 3 is 2.36 bits per heavy atom. The lowest BCUT2D eigenvalue weighted by Gasteiger charge is -2.28. The number of benzene rings is 2. The van der Waals surface area contributed by atoms with E-state index in [1.54, 1.807) is 36.4 Å². The van der Waals surface area contributed by atoms with Gasteiger partial charge in [0.15, 0.2) is 0 Å². The van der Waals surface area contributed by atoms with Crippen molar-refractivity contribution in [2.45, 2.75) is 33.1 Å². The molecule has 2 amide bonds. The van der Waals surface area contributed by atoms with Crippen molar-refractivity contribution in [1.82, 2.24) is 4.57 Å². The molecule has 0 saturated carbocycles. The van der Waals surface area contributed by atoms with Crippen molar-refractivity contribution in [3.05, 3.63) is 86.6 Å². The van der Waals surface area contributed by atoms with Crippen LogP contribution in [-0.2, 0) is 4.79 Å². The van der Waals surface area contributed by atoms with Gasteiger partial charge >= 0.3 is 0 Å². The summed E-state index contributed by atoms with van der Waals surface area (Å²) in [5.74, 6) is -0.359. The van der Waals surface area contributed by atoms with E-state index in [0.29, 0.717) is 22.0 Å². The molecule has 3 heterocycles. The lowest BCUT2D eigenvalue weighted by Crippen LogP contribution is -2.30. The third kappa shape index (κ3) is 4.30. The number of nitrogens with zero attached hydrogens (tertiary/aromatic N) is 4. The van der Waals surface area contributed by atoms with Crippen LogP contribution in [0.25, 0.3) is 11.8 Å². The van der Waals surface area contributed by atoms with Crippen LogP contribution in [-0.4, -0.2) is 33.7 Å². The zero-order valence-corrected chi connectivity index (χ0v) is 21.0. The summed E-state index contributed by atoms with van der Waals surface area (Å²) in [6.45, 7) is 5.48. The lowest BCUT2D eigenvalue weighted by atomic mass is 10.1. The highest BCUT2D eigenvalue weighted by Gasteiger charge is 2.36. The number of amides is 2. The van der Waals surface area contributed by atoms with Crippen molar-refractivity contribution in [2.75, 3.05) is 22.9 Å². The van der Waals surface area contributed by atoms with Gasteiger partial charge in [0.2, 0.25) is 0 Å². The fourth-order valence-corrected chi connectivity index (χ4v) is 5.77. The third-order valence-corrected chi connectivity index (χ3v) is 7.55. The molecule has 0 bridgehead atoms. The highest BCUT2D eigenvalue weighted by molar-refractivity contribution is 8.19. The van der Waals surface area contributed by atoms with E-state index in [4.69, 9.17) is 0 Å². The number of nitro groups is 1. The Balaban J connectivity index is 1.49. The predicted octanol–water partition coefficient (Wildman–Crippen LogP) is 6.23. The van der Waals surface area contributed by atoms with Crippen LogP contribution in [0.4, 0.5) is 21.9 Å². The predicted molar refractivity (Wildman–Crippen MR) is 143 cm³/mol. The van der Waals surface area contributed by atoms with Crippen LogP contribution >= 0.6 is 11.8 Å². The summed E-state index contributed by atoms with van der Waals surface area (Å²) >= 11 is 0.910. The molecular formula is C27H26N4O4S. The first kappa shape index (κ1) is 23.9. The van der Waals surface area contributed by atoms with E-state index in [9.17, 15) is 19.7 Å². The summed E-state index contributed by atoms with van der Waals surface area (Å²) < 4.78 is 1.94. The quantitative estimate of drug-likeness (QED) is 0.233. The first-order chi connectivity index (χ1) is 17.3. The minimum atomic E-state index is -0.359. The highest BCUT2D eigenvalue weighted by atomic mass is 32.2. The number of aryl methyl sites for hydroxylation is 1. The van der Waals surface area contributed by atoms with Crippen molar-refractivity contribution in [3.8, 4) is 5.69 Å². The number of thioether (sulfide) groups is 1. The molecule has 2 aliphatic rings. The van der Waals surface area contributed by atoms with E-state index in [-0.39, 0.29) is 21.8 Å². The zero-order valence-electron chi connectivity index (χ0n) is 20.1. The Kier molecular flexibility index (Phi) is 6.40. The molecule has 0 atom stereocenters. The maximum Gasteiger partial charge on any atom is 0.298 e. The average Bonchev–Trinajstić information content (AvgIpc) is 3.32. The molecule has 2 fully saturated rings. The minimum absolute atomic E-state index is 0.0902. The Hall–Kier alpha value is -3.85. The van der Waals surface area contributed by atoms with Crippen molar-refractivity contribution in [3.63, 3.8) is 0 Å². The number of imide groups is 1. The molecule has 3 aromatic rings. The number of piperidine rings is 1. The molecule has 0 unspecified atom stereocenters. The third-order valence-electron chi connectivity index (χ3n) is 6.68. The summed E-state index contributed by atoms with van der Waals surface area (Å²) in [7, 11) is 0. The molecule has 5 rings (SSSR count). The van der Waals surface area contributed by atoms with Gasteiger partial charge in [-0.1, -0.05) is 18.2 Å². The fourth-order valence-electron chi connectivity index (χ4n) is 4.94. The average molecular weight is 503 g/mol. The number of rotatable bonds is 5. The molecular weight excluding hydrogens is 476 g/mol. The normalized spacial score (nSPS) is 17.3. The number of nitro benzene ring substituents is 1. The van der Waals surface area contributed by atoms with Crippen LogP contribution in [0.1, 0.15) is 36.2 Å². The van der Waals surface area contributed by atoms with Crippen molar-refractivity contribution in [2.24, 2.45) is 0 Å². The van der Waals surface area contributed by atoms with Crippen molar-refractivity contribution >= 4 is 46.0 Å². The largest absolute Gasteiger partial charge is 0.366 e. The number of para-hydroxylation sites is 1. The molecule has 2 aromatic carbocycles. The lowest BCUT2D eigenvalue weighted by molar-refractivity contribution is -0.384. The van der Waals surface area contributed by atoms with Crippen LogP contribution in [0.3, 0.4) is 0 Å². The summed E-state index contributed by atoms with van der Waals surface area (Å²) in [6, 6.07) is 16.1. The second kappa shape index (κ2) is 9.66. The molecule has 36 heavy (non-hydrogen) atoms. The van der Waals surface area contributed by atoms with Gasteiger partial charge in [-0.3, -0.25) is 19.7 Å². The first-order valence-corrected chi connectivity index (χ1v) is 12.7. The minimum Gasteiger partial charge on any atom is -0.366 e. The number of anilines is 2. The van der Waals surface area contributed by atoms with Gasteiger partial charge in [0, 0.05) is 30.5 Å². The molecule has 0 N–H and O–H groups in total. The van der Waals surface area contributed by atoms with Crippen molar-refractivity contribution < 1.29 is 14.5 Å². The molecule has 184 valence electrons. The Morgan fingerprint density at radius 2 is 1.67 bits per heavy atom. The molecule has 0 aliphatic carbocycles. The molecule has 9 heteroatoms. The van der Waals surface area contributed by atoms with Gasteiger partial charge < -0.3 is 9.47 Å². The molecule has 0 spiro atoms. The van der Waals surface area contributed by atoms with Gasteiger partial charge in [-0.05, 0) is 86.8 Å². The van der Waals surface area contributed by atoms with Crippen LogP contribution in [0, 0.1) is 24.0 Å². The summed E-state index contributed by atoms with van der Waals surface area (Å²) in [4.78, 5) is 40.9. The highest BCUT2D eigenvalue weighted by Crippen LogP contribution is 2.37. The van der Waals surface area contributed by atoms with E-state index in [1.807, 2.05) is 42.7 Å². The van der Waals surface area contributed by atoms with E-state index < -0.39 is 0 Å². The maximum atomic E-state index is 13.0. The molecule has 2 saturated heterocycles. The summed E-state index contributed by atoms with van der Waals surface area (Å²) in [5.41, 5.74) is 4.46. The van der Waals surface area contributed by atoms with Gasteiger partial charge in [-0.25, -0.2) is 4.90 Å². The second-order valence-corrected chi connectivity index (χ2v) is 9.99. The summed E-state index contributed by atoms with van der Waals surface area (Å²) in [6.07, 6.45) is 4.95. The van der Waals surface area contributed by atoms with Crippen LogP contribution in [0.2, 0.25) is 0 Å². The van der Waals surface area contributed by atoms with Gasteiger partial charge in [-0.2, -0.15) is 0 Å². The van der Waals surface area contributed by atoms with Crippen LogP contribution in [0.5, 0.6) is 0 Å². The van der Waals surface area contributed by atoms with Gasteiger partial charge in [0.05, 0.1) is 21.2 Å². The monoisotopic (exact) mass is 502 g/mol. The van der Waals surface area contributed by atoms with E-state index in [1.165, 1.54) is 4.90 Å². The van der Waals surface area contributed by atoms with Gasteiger partial charge in [0.25, 0.3) is 16.8 Å². The SMILES string of the molecule is Cc1cc(/C=C2\SC(=O)N(c3ccccc3)C2=O)c(C)n1-c1ccc(N2CCCCC2)c([N+](=O)[O-])c1. The van der Waals surface area contributed by atoms with Gasteiger partial charge in [0.1, 0.15) is 5.69 Å². The fraction of sp³-hybridized carbons (Fsp3) is 0.259. The topological polar surface area (TPSA) is 88.7 Å². The molecule has 0 radical (unpaired) electrons. The smallest absolute Gasteiger partial charge is 0.298 e. The number of hydrogen-bond donors (Lipinski definition) is 0. The molecule has 8 nitrogen and oxygen atoms in total. The number of carbonyl (C=O) groups is 2. The summed E-state index contributed by atoms with van der Waals surface area (Å²) in [5, 5.41) is 11.6. The van der Waals surface area contributed by atoms with Crippen molar-refractivity contribution in [1.29, 1.82) is 0 Å². The Labute approximate surface area is 213 Å². The number of hydrogen-bond acceptors (Lipinski definition) is 6. The van der Waals surface area contributed by atoms with Crippen LogP contribution < -0.4 is 9.80 Å². The van der Waals surface area contributed by atoms with Crippen LogP contribution in [0.15, 0.2) is 59.5 Å². The second-order valence-electron chi connectivity index (χ2n) is 8.99. The van der Waals surface area contributed by atoms with Gasteiger partial charge in [-0.15, -0.1) is 0 Å². The zero-order chi connectivity index (χ0) is 25.4. The number of aromatic nitrogens is 1. The first-order valence-electron chi connectivity index (χ1n) is 11.9. The van der Waals surface area contributed by atoms with E-state index >= 15 is 0 Å². The standard InChI is InChI=1S/C27H26N4O4S/c1-18-15-20(16-25-26(32)30(27(33)36-25)21-9-5-3-6-10-21)19(2)29(18)22-11-12-23(24(17-22)31(34)35)28-13-7-4-8-14-28/h3,5-6,9-12,15-17H,4,7-8,13-14H2,1-2H3/b25-16-.